The molecule has 0 saturated carbocycles. The van der Waals surface area contributed by atoms with Gasteiger partial charge in [0.1, 0.15) is 6.61 Å². The summed E-state index contributed by atoms with van der Waals surface area (Å²) in [5.41, 5.74) is 0.325. The summed E-state index contributed by atoms with van der Waals surface area (Å²) < 4.78 is 0. The fraction of sp³-hybridized carbons (Fsp3) is 0.571. The first-order valence-corrected chi connectivity index (χ1v) is 6.59. The Labute approximate surface area is 108 Å². The molecule has 0 aliphatic heterocycles. The first-order valence-electron chi connectivity index (χ1n) is 5.78. The summed E-state index contributed by atoms with van der Waals surface area (Å²) in [7, 11) is 2.14. The van der Waals surface area contributed by atoms with Gasteiger partial charge >= 0.3 is 0 Å². The zero-order valence-corrected chi connectivity index (χ0v) is 11.9. The topological polar surface area (TPSA) is 23.5 Å². The minimum absolute atomic E-state index is 0.0723. The Bertz CT molecular complexity index is 406. The van der Waals surface area contributed by atoms with E-state index in [4.69, 9.17) is 5.11 Å². The van der Waals surface area contributed by atoms with Crippen LogP contribution in [0.25, 0.3) is 0 Å². The highest BCUT2D eigenvalue weighted by Gasteiger charge is 2.13. The van der Waals surface area contributed by atoms with Gasteiger partial charge in [0.15, 0.2) is 0 Å². The second-order valence-corrected chi connectivity index (χ2v) is 6.63. The lowest BCUT2D eigenvalue weighted by Crippen LogP contribution is -2.28. The summed E-state index contributed by atoms with van der Waals surface area (Å²) in [6.07, 6.45) is 0. The summed E-state index contributed by atoms with van der Waals surface area (Å²) >= 11 is 1.70. The van der Waals surface area contributed by atoms with Crippen LogP contribution in [0.1, 0.15) is 30.5 Å². The Hall–Kier alpha value is -0.820. The second kappa shape index (κ2) is 6.20. The summed E-state index contributed by atoms with van der Waals surface area (Å²) in [5, 5.41) is 8.63. The van der Waals surface area contributed by atoms with E-state index in [0.29, 0.717) is 5.41 Å². The third-order valence-corrected chi connectivity index (χ3v) is 3.11. The van der Waals surface area contributed by atoms with Crippen molar-refractivity contribution in [2.24, 2.45) is 5.41 Å². The molecule has 1 N–H and O–H groups in total. The molecule has 1 aromatic heterocycles. The van der Waals surface area contributed by atoms with Gasteiger partial charge in [0.25, 0.3) is 0 Å². The lowest BCUT2D eigenvalue weighted by Gasteiger charge is -2.25. The van der Waals surface area contributed by atoms with Gasteiger partial charge in [-0.15, -0.1) is 11.3 Å². The molecular weight excluding hydrogens is 230 g/mol. The van der Waals surface area contributed by atoms with Crippen molar-refractivity contribution in [3.05, 3.63) is 21.9 Å². The van der Waals surface area contributed by atoms with Gasteiger partial charge < -0.3 is 10.0 Å². The number of nitrogens with zero attached hydrogens (tertiary/aromatic N) is 1. The van der Waals surface area contributed by atoms with Crippen molar-refractivity contribution >= 4 is 11.3 Å². The summed E-state index contributed by atoms with van der Waals surface area (Å²) in [6, 6.07) is 4.14. The molecule has 0 bridgehead atoms. The summed E-state index contributed by atoms with van der Waals surface area (Å²) in [5.74, 6) is 5.61. The van der Waals surface area contributed by atoms with E-state index in [1.807, 2.05) is 6.07 Å². The highest BCUT2D eigenvalue weighted by atomic mass is 32.1. The molecular formula is C14H21NOS. The van der Waals surface area contributed by atoms with Crippen molar-refractivity contribution in [2.45, 2.75) is 27.3 Å². The van der Waals surface area contributed by atoms with E-state index in [1.54, 1.807) is 11.3 Å². The van der Waals surface area contributed by atoms with Gasteiger partial charge in [-0.05, 0) is 24.6 Å². The zero-order chi connectivity index (χ0) is 12.9. The monoisotopic (exact) mass is 251 g/mol. The van der Waals surface area contributed by atoms with Gasteiger partial charge in [0, 0.05) is 18.0 Å². The highest BCUT2D eigenvalue weighted by molar-refractivity contribution is 7.12. The van der Waals surface area contributed by atoms with Crippen LogP contribution in [0.15, 0.2) is 12.1 Å². The van der Waals surface area contributed by atoms with E-state index in [0.717, 1.165) is 18.0 Å². The third kappa shape index (κ3) is 5.88. The van der Waals surface area contributed by atoms with Crippen molar-refractivity contribution < 1.29 is 5.11 Å². The predicted molar refractivity (Wildman–Crippen MR) is 74.1 cm³/mol. The fourth-order valence-corrected chi connectivity index (χ4v) is 2.75. The molecule has 94 valence electrons. The average molecular weight is 251 g/mol. The molecule has 0 fully saturated rings. The fourth-order valence-electron chi connectivity index (χ4n) is 1.79. The van der Waals surface area contributed by atoms with E-state index in [1.165, 1.54) is 4.88 Å². The van der Waals surface area contributed by atoms with Crippen LogP contribution in [0, 0.1) is 17.3 Å². The lowest BCUT2D eigenvalue weighted by atomic mass is 9.96. The van der Waals surface area contributed by atoms with Crippen LogP contribution < -0.4 is 0 Å². The molecule has 0 aliphatic rings. The Kier molecular flexibility index (Phi) is 5.20. The molecule has 3 heteroatoms. The minimum Gasteiger partial charge on any atom is -0.384 e. The van der Waals surface area contributed by atoms with Gasteiger partial charge in [-0.1, -0.05) is 32.6 Å². The molecule has 17 heavy (non-hydrogen) atoms. The average Bonchev–Trinajstić information content (AvgIpc) is 2.59. The molecule has 0 saturated heterocycles. The number of hydrogen-bond acceptors (Lipinski definition) is 3. The van der Waals surface area contributed by atoms with E-state index in [9.17, 15) is 0 Å². The van der Waals surface area contributed by atoms with Gasteiger partial charge in [-0.25, -0.2) is 0 Å². The van der Waals surface area contributed by atoms with Crippen LogP contribution in [0.5, 0.6) is 0 Å². The Morgan fingerprint density at radius 1 is 1.35 bits per heavy atom. The van der Waals surface area contributed by atoms with Crippen molar-refractivity contribution in [1.82, 2.24) is 4.90 Å². The summed E-state index contributed by atoms with van der Waals surface area (Å²) in [6.45, 7) is 8.70. The van der Waals surface area contributed by atoms with Crippen molar-refractivity contribution in [1.29, 1.82) is 0 Å². The normalized spacial score (nSPS) is 11.4. The maximum Gasteiger partial charge on any atom is 0.104 e. The minimum atomic E-state index is -0.0723. The van der Waals surface area contributed by atoms with Gasteiger partial charge in [-0.3, -0.25) is 0 Å². The molecule has 2 nitrogen and oxygen atoms in total. The number of hydrogen-bond donors (Lipinski definition) is 1. The van der Waals surface area contributed by atoms with Gasteiger partial charge in [-0.2, -0.15) is 0 Å². The van der Waals surface area contributed by atoms with E-state index >= 15 is 0 Å². The largest absolute Gasteiger partial charge is 0.384 e. The van der Waals surface area contributed by atoms with Crippen LogP contribution in [0.4, 0.5) is 0 Å². The second-order valence-electron chi connectivity index (χ2n) is 5.46. The van der Waals surface area contributed by atoms with Crippen molar-refractivity contribution in [2.75, 3.05) is 20.2 Å². The maximum absolute atomic E-state index is 8.63. The Morgan fingerprint density at radius 3 is 2.65 bits per heavy atom. The molecule has 1 heterocycles. The highest BCUT2D eigenvalue weighted by Crippen LogP contribution is 2.20. The third-order valence-electron chi connectivity index (χ3n) is 2.12. The molecule has 0 spiro atoms. The zero-order valence-electron chi connectivity index (χ0n) is 11.1. The van der Waals surface area contributed by atoms with Crippen LogP contribution in [-0.4, -0.2) is 30.2 Å². The van der Waals surface area contributed by atoms with Crippen LogP contribution in [0.3, 0.4) is 0 Å². The van der Waals surface area contributed by atoms with E-state index in [-0.39, 0.29) is 6.61 Å². The predicted octanol–water partition coefficient (Wildman–Crippen LogP) is 2.57. The first-order chi connectivity index (χ1) is 7.90. The number of rotatable bonds is 3. The van der Waals surface area contributed by atoms with Crippen molar-refractivity contribution in [3.63, 3.8) is 0 Å². The van der Waals surface area contributed by atoms with Crippen molar-refractivity contribution in [3.8, 4) is 11.8 Å². The Morgan fingerprint density at radius 2 is 2.06 bits per heavy atom. The first kappa shape index (κ1) is 14.2. The molecule has 0 unspecified atom stereocenters. The van der Waals surface area contributed by atoms with E-state index < -0.39 is 0 Å². The Balaban J connectivity index is 2.54. The van der Waals surface area contributed by atoms with Crippen LogP contribution in [0.2, 0.25) is 0 Å². The number of aliphatic hydroxyl groups is 1. The molecule has 1 aromatic rings. The molecule has 0 aliphatic carbocycles. The quantitative estimate of drug-likeness (QED) is 0.835. The molecule has 0 amide bonds. The van der Waals surface area contributed by atoms with Crippen LogP contribution in [-0.2, 0) is 6.54 Å². The van der Waals surface area contributed by atoms with Gasteiger partial charge in [0.05, 0.1) is 4.88 Å². The smallest absolute Gasteiger partial charge is 0.104 e. The molecule has 0 radical (unpaired) electrons. The standard InChI is InChI=1S/C14H21NOS/c1-14(2,3)11-15(4)10-13-8-7-12(17-13)6-5-9-16/h7-8,16H,9-11H2,1-4H3. The molecule has 1 rings (SSSR count). The number of aliphatic hydroxyl groups excluding tert-OH is 1. The van der Waals surface area contributed by atoms with Gasteiger partial charge in [0.2, 0.25) is 0 Å². The SMILES string of the molecule is CN(Cc1ccc(C#CCO)s1)CC(C)(C)C. The maximum atomic E-state index is 8.63. The lowest BCUT2D eigenvalue weighted by molar-refractivity contribution is 0.222. The molecule has 0 atom stereocenters. The van der Waals surface area contributed by atoms with E-state index in [2.05, 4.69) is 50.6 Å². The number of thiophene rings is 1. The summed E-state index contributed by atoms with van der Waals surface area (Å²) in [4.78, 5) is 4.67. The molecule has 0 aromatic carbocycles. The van der Waals surface area contributed by atoms with Crippen LogP contribution >= 0.6 is 11.3 Å².